The van der Waals surface area contributed by atoms with Crippen molar-refractivity contribution in [2.24, 2.45) is 5.41 Å². The summed E-state index contributed by atoms with van der Waals surface area (Å²) in [6, 6.07) is 28.8. The Kier molecular flexibility index (Phi) is 4.34. The fourth-order valence-electron chi connectivity index (χ4n) is 6.01. The van der Waals surface area contributed by atoms with Crippen molar-refractivity contribution < 1.29 is 10.2 Å². The van der Waals surface area contributed by atoms with Gasteiger partial charge in [0.15, 0.2) is 0 Å². The van der Waals surface area contributed by atoms with Crippen LogP contribution in [0.3, 0.4) is 0 Å². The van der Waals surface area contributed by atoms with Gasteiger partial charge in [-0.2, -0.15) is 0 Å². The van der Waals surface area contributed by atoms with Gasteiger partial charge in [-0.1, -0.05) is 91.3 Å². The molecule has 0 saturated heterocycles. The Balaban J connectivity index is 1.74. The molecular formula is C26H26O2. The van der Waals surface area contributed by atoms with Crippen LogP contribution < -0.4 is 0 Å². The number of aliphatic hydroxyl groups excluding tert-OH is 2. The van der Waals surface area contributed by atoms with E-state index >= 15 is 0 Å². The van der Waals surface area contributed by atoms with Gasteiger partial charge in [0, 0.05) is 5.41 Å². The Morgan fingerprint density at radius 3 is 1.39 bits per heavy atom. The van der Waals surface area contributed by atoms with E-state index in [4.69, 9.17) is 0 Å². The summed E-state index contributed by atoms with van der Waals surface area (Å²) in [5.74, 6) is 0.204. The van der Waals surface area contributed by atoms with E-state index in [1.165, 1.54) is 11.1 Å². The Hall–Kier alpha value is -2.42. The van der Waals surface area contributed by atoms with E-state index in [-0.39, 0.29) is 11.8 Å². The van der Waals surface area contributed by atoms with Gasteiger partial charge >= 0.3 is 0 Å². The standard InChI is InChI=1S/C26H26O2/c27-24-20-14-7-8-15-21(20)25(28)26(24)22(18-10-3-1-4-11-18)16-9-17-23(26)19-12-5-2-6-13-19/h1-8,10-15,22-25,27-28H,9,16-17H2/t22-,23+,24?,25?,26?. The van der Waals surface area contributed by atoms with E-state index in [9.17, 15) is 10.2 Å². The Morgan fingerprint density at radius 1 is 0.571 bits per heavy atom. The molecule has 2 N–H and O–H groups in total. The fraction of sp³-hybridized carbons (Fsp3) is 0.308. The van der Waals surface area contributed by atoms with E-state index in [0.29, 0.717) is 0 Å². The molecule has 2 aliphatic carbocycles. The SMILES string of the molecule is OC1c2ccccc2C(O)C12[C@@H](c1ccccc1)CCC[C@H]2c1ccccc1. The molecule has 2 nitrogen and oxygen atoms in total. The minimum Gasteiger partial charge on any atom is -0.388 e. The highest BCUT2D eigenvalue weighted by atomic mass is 16.3. The first-order valence-corrected chi connectivity index (χ1v) is 10.3. The van der Waals surface area contributed by atoms with Gasteiger partial charge < -0.3 is 10.2 Å². The largest absolute Gasteiger partial charge is 0.388 e. The van der Waals surface area contributed by atoms with Crippen LogP contribution >= 0.6 is 0 Å². The second-order valence-corrected chi connectivity index (χ2v) is 8.29. The second kappa shape index (κ2) is 6.88. The molecule has 2 heteroatoms. The lowest BCUT2D eigenvalue weighted by Crippen LogP contribution is -2.44. The predicted octanol–water partition coefficient (Wildman–Crippen LogP) is 5.50. The number of aliphatic hydroxyl groups is 2. The highest BCUT2D eigenvalue weighted by Crippen LogP contribution is 2.69. The Labute approximate surface area is 166 Å². The molecule has 0 amide bonds. The van der Waals surface area contributed by atoms with Crippen LogP contribution in [0, 0.1) is 5.41 Å². The highest BCUT2D eigenvalue weighted by Gasteiger charge is 2.62. The molecule has 28 heavy (non-hydrogen) atoms. The molecule has 142 valence electrons. The molecule has 0 aliphatic heterocycles. The van der Waals surface area contributed by atoms with Crippen molar-refractivity contribution in [2.45, 2.75) is 43.3 Å². The van der Waals surface area contributed by atoms with Gasteiger partial charge in [0.25, 0.3) is 0 Å². The normalized spacial score (nSPS) is 31.6. The molecule has 0 radical (unpaired) electrons. The summed E-state index contributed by atoms with van der Waals surface area (Å²) >= 11 is 0. The predicted molar refractivity (Wildman–Crippen MR) is 111 cm³/mol. The number of hydrogen-bond acceptors (Lipinski definition) is 2. The third kappa shape index (κ3) is 2.41. The lowest BCUT2D eigenvalue weighted by Gasteiger charge is -2.52. The van der Waals surface area contributed by atoms with Crippen molar-refractivity contribution in [2.75, 3.05) is 0 Å². The Bertz CT molecular complexity index is 872. The maximum Gasteiger partial charge on any atom is 0.0889 e. The van der Waals surface area contributed by atoms with Crippen LogP contribution in [0.5, 0.6) is 0 Å². The third-order valence-corrected chi connectivity index (χ3v) is 7.13. The van der Waals surface area contributed by atoms with Crippen molar-refractivity contribution in [1.29, 1.82) is 0 Å². The summed E-state index contributed by atoms with van der Waals surface area (Å²) < 4.78 is 0. The molecule has 5 rings (SSSR count). The lowest BCUT2D eigenvalue weighted by molar-refractivity contribution is -0.106. The summed E-state index contributed by atoms with van der Waals surface area (Å²) in [6.07, 6.45) is 1.69. The molecule has 1 saturated carbocycles. The summed E-state index contributed by atoms with van der Waals surface area (Å²) in [6.45, 7) is 0. The van der Waals surface area contributed by atoms with Crippen molar-refractivity contribution in [3.8, 4) is 0 Å². The number of benzene rings is 3. The number of rotatable bonds is 2. The van der Waals surface area contributed by atoms with Crippen LogP contribution in [0.15, 0.2) is 84.9 Å². The fourth-order valence-corrected chi connectivity index (χ4v) is 6.01. The Morgan fingerprint density at radius 2 is 0.964 bits per heavy atom. The maximum atomic E-state index is 11.7. The minimum atomic E-state index is -0.686. The van der Waals surface area contributed by atoms with Crippen molar-refractivity contribution in [1.82, 2.24) is 0 Å². The van der Waals surface area contributed by atoms with E-state index in [0.717, 1.165) is 30.4 Å². The summed E-state index contributed by atoms with van der Waals surface area (Å²) in [4.78, 5) is 0. The first kappa shape index (κ1) is 17.7. The van der Waals surface area contributed by atoms with Crippen LogP contribution in [-0.2, 0) is 0 Å². The van der Waals surface area contributed by atoms with Crippen LogP contribution in [-0.4, -0.2) is 10.2 Å². The zero-order valence-electron chi connectivity index (χ0n) is 15.9. The quantitative estimate of drug-likeness (QED) is 0.625. The molecule has 3 aromatic carbocycles. The van der Waals surface area contributed by atoms with Gasteiger partial charge in [0.2, 0.25) is 0 Å². The van der Waals surface area contributed by atoms with Gasteiger partial charge in [-0.25, -0.2) is 0 Å². The summed E-state index contributed by atoms with van der Waals surface area (Å²) in [7, 11) is 0. The molecular weight excluding hydrogens is 344 g/mol. The van der Waals surface area contributed by atoms with Crippen LogP contribution in [0.1, 0.15) is 65.6 Å². The summed E-state index contributed by atoms with van der Waals surface area (Å²) in [5, 5.41) is 23.5. The highest BCUT2D eigenvalue weighted by molar-refractivity contribution is 5.45. The topological polar surface area (TPSA) is 40.5 Å². The van der Waals surface area contributed by atoms with E-state index < -0.39 is 17.6 Å². The average molecular weight is 370 g/mol. The molecule has 0 aromatic heterocycles. The van der Waals surface area contributed by atoms with Crippen LogP contribution in [0.4, 0.5) is 0 Å². The summed E-state index contributed by atoms with van der Waals surface area (Å²) in [5.41, 5.74) is 3.56. The molecule has 1 spiro atoms. The van der Waals surface area contributed by atoms with Gasteiger partial charge in [0.1, 0.15) is 0 Å². The van der Waals surface area contributed by atoms with Gasteiger partial charge in [-0.05, 0) is 46.9 Å². The van der Waals surface area contributed by atoms with E-state index in [1.54, 1.807) is 0 Å². The zero-order chi connectivity index (χ0) is 19.1. The van der Waals surface area contributed by atoms with Crippen molar-refractivity contribution >= 4 is 0 Å². The molecule has 4 atom stereocenters. The molecule has 0 bridgehead atoms. The van der Waals surface area contributed by atoms with Crippen LogP contribution in [0.2, 0.25) is 0 Å². The minimum absolute atomic E-state index is 0.102. The van der Waals surface area contributed by atoms with Crippen molar-refractivity contribution in [3.05, 3.63) is 107 Å². The third-order valence-electron chi connectivity index (χ3n) is 7.13. The molecule has 0 heterocycles. The van der Waals surface area contributed by atoms with E-state index in [2.05, 4.69) is 48.5 Å². The second-order valence-electron chi connectivity index (χ2n) is 8.29. The smallest absolute Gasteiger partial charge is 0.0889 e. The number of hydrogen-bond donors (Lipinski definition) is 2. The van der Waals surface area contributed by atoms with Gasteiger partial charge in [-0.15, -0.1) is 0 Å². The first-order chi connectivity index (χ1) is 13.7. The molecule has 1 fully saturated rings. The lowest BCUT2D eigenvalue weighted by atomic mass is 9.53. The monoisotopic (exact) mass is 370 g/mol. The van der Waals surface area contributed by atoms with Crippen molar-refractivity contribution in [3.63, 3.8) is 0 Å². The average Bonchev–Trinajstić information content (AvgIpc) is 2.98. The van der Waals surface area contributed by atoms with Crippen LogP contribution in [0.25, 0.3) is 0 Å². The van der Waals surface area contributed by atoms with Gasteiger partial charge in [0.05, 0.1) is 12.2 Å². The molecule has 3 aromatic rings. The zero-order valence-corrected chi connectivity index (χ0v) is 15.9. The van der Waals surface area contributed by atoms with E-state index in [1.807, 2.05) is 36.4 Å². The number of fused-ring (bicyclic) bond motifs is 1. The first-order valence-electron chi connectivity index (χ1n) is 10.3. The molecule has 2 aliphatic rings. The molecule has 2 unspecified atom stereocenters. The maximum absolute atomic E-state index is 11.7. The van der Waals surface area contributed by atoms with Gasteiger partial charge in [-0.3, -0.25) is 0 Å².